The van der Waals surface area contributed by atoms with Crippen LogP contribution in [0.5, 0.6) is 0 Å². The number of methoxy groups -OCH3 is 1. The highest BCUT2D eigenvalue weighted by atomic mass is 35.5. The number of ether oxygens (including phenoxy) is 2. The van der Waals surface area contributed by atoms with Crippen LogP contribution in [-0.2, 0) is 23.9 Å². The van der Waals surface area contributed by atoms with Gasteiger partial charge in [-0.2, -0.15) is 0 Å². The van der Waals surface area contributed by atoms with Crippen molar-refractivity contribution in [2.75, 3.05) is 19.8 Å². The maximum Gasteiger partial charge on any atom is 0.341 e. The van der Waals surface area contributed by atoms with E-state index in [2.05, 4.69) is 4.74 Å². The molecule has 0 saturated heterocycles. The number of carbonyl (C=O) groups excluding carboxylic acids is 1. The standard InChI is InChI=1S/C11H18ClNO7/c1-7(14)13-11(9(15)16,10(17)18)4-3-8(5-12)20-6-19-2/h8H,3-6H2,1-2H3,(H,13,14)(H,15,16)(H,17,18)/t8-/m0/s1. The van der Waals surface area contributed by atoms with Crippen LogP contribution in [0, 0.1) is 0 Å². The van der Waals surface area contributed by atoms with Crippen molar-refractivity contribution in [3.8, 4) is 0 Å². The third kappa shape index (κ3) is 5.32. The molecule has 1 atom stereocenters. The number of amides is 1. The Bertz CT molecular complexity index is 347. The fraction of sp³-hybridized carbons (Fsp3) is 0.727. The van der Waals surface area contributed by atoms with Gasteiger partial charge in [-0.25, -0.2) is 9.59 Å². The SMILES string of the molecule is COCO[C@H](CCl)CCC(NC(C)=O)(C(=O)O)C(=O)O. The zero-order chi connectivity index (χ0) is 15.8. The van der Waals surface area contributed by atoms with E-state index < -0.39 is 29.5 Å². The normalized spacial score (nSPS) is 12.8. The molecule has 0 spiro atoms. The molecule has 0 aromatic carbocycles. The van der Waals surface area contributed by atoms with Crippen molar-refractivity contribution in [1.29, 1.82) is 0 Å². The van der Waals surface area contributed by atoms with Crippen molar-refractivity contribution in [2.45, 2.75) is 31.4 Å². The fourth-order valence-corrected chi connectivity index (χ4v) is 1.77. The molecule has 0 radical (unpaired) electrons. The Morgan fingerprint density at radius 1 is 1.30 bits per heavy atom. The Kier molecular flexibility index (Phi) is 8.12. The molecule has 0 aromatic heterocycles. The first kappa shape index (κ1) is 18.6. The van der Waals surface area contributed by atoms with Crippen molar-refractivity contribution < 1.29 is 34.1 Å². The number of halogens is 1. The first-order valence-corrected chi connectivity index (χ1v) is 6.25. The van der Waals surface area contributed by atoms with E-state index in [0.717, 1.165) is 6.92 Å². The molecule has 20 heavy (non-hydrogen) atoms. The summed E-state index contributed by atoms with van der Waals surface area (Å²) in [5, 5.41) is 20.2. The van der Waals surface area contributed by atoms with E-state index in [4.69, 9.17) is 26.6 Å². The monoisotopic (exact) mass is 311 g/mol. The lowest BCUT2D eigenvalue weighted by atomic mass is 9.92. The summed E-state index contributed by atoms with van der Waals surface area (Å²) >= 11 is 5.63. The molecular weight excluding hydrogens is 294 g/mol. The molecule has 0 bridgehead atoms. The molecule has 0 aromatic rings. The van der Waals surface area contributed by atoms with Gasteiger partial charge >= 0.3 is 11.9 Å². The minimum Gasteiger partial charge on any atom is -0.479 e. The molecular formula is C11H18ClNO7. The highest BCUT2D eigenvalue weighted by molar-refractivity contribution is 6.18. The summed E-state index contributed by atoms with van der Waals surface area (Å²) in [6.07, 6.45) is -0.909. The lowest BCUT2D eigenvalue weighted by Gasteiger charge is -2.27. The van der Waals surface area contributed by atoms with Crippen molar-refractivity contribution in [2.24, 2.45) is 0 Å². The number of carbonyl (C=O) groups is 3. The molecule has 9 heteroatoms. The van der Waals surface area contributed by atoms with Crippen LogP contribution in [0.25, 0.3) is 0 Å². The van der Waals surface area contributed by atoms with Gasteiger partial charge in [0.25, 0.3) is 0 Å². The number of rotatable bonds is 10. The van der Waals surface area contributed by atoms with E-state index in [-0.39, 0.29) is 25.5 Å². The molecule has 0 unspecified atom stereocenters. The molecule has 8 nitrogen and oxygen atoms in total. The van der Waals surface area contributed by atoms with Crippen LogP contribution in [0.4, 0.5) is 0 Å². The fourth-order valence-electron chi connectivity index (χ4n) is 1.52. The van der Waals surface area contributed by atoms with Crippen LogP contribution in [0.15, 0.2) is 0 Å². The summed E-state index contributed by atoms with van der Waals surface area (Å²) in [6, 6.07) is 0. The second-order valence-electron chi connectivity index (χ2n) is 4.09. The summed E-state index contributed by atoms with van der Waals surface area (Å²) in [5.74, 6) is -4.02. The van der Waals surface area contributed by atoms with Gasteiger partial charge in [0, 0.05) is 19.9 Å². The maximum atomic E-state index is 11.2. The van der Waals surface area contributed by atoms with Crippen LogP contribution in [0.1, 0.15) is 19.8 Å². The van der Waals surface area contributed by atoms with Crippen molar-refractivity contribution >= 4 is 29.4 Å². The molecule has 0 fully saturated rings. The number of carboxylic acid groups (broad SMARTS) is 2. The number of aliphatic carboxylic acids is 2. The molecule has 116 valence electrons. The zero-order valence-electron chi connectivity index (χ0n) is 11.2. The van der Waals surface area contributed by atoms with Gasteiger partial charge in [0.2, 0.25) is 11.4 Å². The van der Waals surface area contributed by atoms with Gasteiger partial charge in [0.1, 0.15) is 6.79 Å². The molecule has 0 heterocycles. The summed E-state index contributed by atoms with van der Waals surface area (Å²) in [4.78, 5) is 33.5. The lowest BCUT2D eigenvalue weighted by Crippen LogP contribution is -2.60. The van der Waals surface area contributed by atoms with Gasteiger partial charge in [-0.05, 0) is 12.8 Å². The summed E-state index contributed by atoms with van der Waals surface area (Å²) in [7, 11) is 1.40. The van der Waals surface area contributed by atoms with Crippen LogP contribution in [0.3, 0.4) is 0 Å². The molecule has 1 amide bonds. The van der Waals surface area contributed by atoms with Crippen LogP contribution in [0.2, 0.25) is 0 Å². The average molecular weight is 312 g/mol. The highest BCUT2D eigenvalue weighted by Crippen LogP contribution is 2.18. The Balaban J connectivity index is 4.92. The second-order valence-corrected chi connectivity index (χ2v) is 4.39. The van der Waals surface area contributed by atoms with Gasteiger partial charge in [-0.15, -0.1) is 11.6 Å². The van der Waals surface area contributed by atoms with Crippen LogP contribution >= 0.6 is 11.6 Å². The molecule has 0 aliphatic carbocycles. The van der Waals surface area contributed by atoms with Gasteiger partial charge in [0.05, 0.1) is 6.10 Å². The Hall–Kier alpha value is -1.38. The van der Waals surface area contributed by atoms with Crippen molar-refractivity contribution in [3.63, 3.8) is 0 Å². The quantitative estimate of drug-likeness (QED) is 0.296. The van der Waals surface area contributed by atoms with Crippen LogP contribution in [-0.4, -0.2) is 59.5 Å². The third-order valence-electron chi connectivity index (χ3n) is 2.55. The number of hydrogen-bond acceptors (Lipinski definition) is 5. The minimum absolute atomic E-state index is 0.0335. The highest BCUT2D eigenvalue weighted by Gasteiger charge is 2.47. The molecule has 3 N–H and O–H groups in total. The Morgan fingerprint density at radius 3 is 2.20 bits per heavy atom. The first-order valence-electron chi connectivity index (χ1n) is 5.72. The number of alkyl halides is 1. The predicted octanol–water partition coefficient (Wildman–Crippen LogP) is 0.0386. The maximum absolute atomic E-state index is 11.2. The van der Waals surface area contributed by atoms with Crippen LogP contribution < -0.4 is 5.32 Å². The van der Waals surface area contributed by atoms with Crippen molar-refractivity contribution in [3.05, 3.63) is 0 Å². The van der Waals surface area contributed by atoms with Gasteiger partial charge in [-0.3, -0.25) is 4.79 Å². The van der Waals surface area contributed by atoms with Gasteiger partial charge < -0.3 is 25.0 Å². The topological polar surface area (TPSA) is 122 Å². The summed E-state index contributed by atoms with van der Waals surface area (Å²) in [5.41, 5.74) is -2.40. The van der Waals surface area contributed by atoms with E-state index in [1.54, 1.807) is 0 Å². The average Bonchev–Trinajstić information content (AvgIpc) is 2.36. The molecule has 0 aliphatic heterocycles. The van der Waals surface area contributed by atoms with E-state index in [0.29, 0.717) is 0 Å². The lowest BCUT2D eigenvalue weighted by molar-refractivity contribution is -0.162. The zero-order valence-corrected chi connectivity index (χ0v) is 12.0. The molecule has 0 aliphatic rings. The van der Waals surface area contributed by atoms with Crippen molar-refractivity contribution in [1.82, 2.24) is 5.32 Å². The Morgan fingerprint density at radius 2 is 1.85 bits per heavy atom. The number of hydrogen-bond donors (Lipinski definition) is 3. The second kappa shape index (κ2) is 8.72. The summed E-state index contributed by atoms with van der Waals surface area (Å²) in [6.45, 7) is 0.992. The predicted molar refractivity (Wildman–Crippen MR) is 68.5 cm³/mol. The molecule has 0 rings (SSSR count). The van der Waals surface area contributed by atoms with E-state index in [9.17, 15) is 14.4 Å². The Labute approximate surface area is 121 Å². The van der Waals surface area contributed by atoms with Gasteiger partial charge in [0.15, 0.2) is 0 Å². The number of carboxylic acids is 2. The summed E-state index contributed by atoms with van der Waals surface area (Å²) < 4.78 is 9.83. The molecule has 0 saturated carbocycles. The number of nitrogens with one attached hydrogen (secondary N) is 1. The van der Waals surface area contributed by atoms with E-state index >= 15 is 0 Å². The smallest absolute Gasteiger partial charge is 0.341 e. The van der Waals surface area contributed by atoms with E-state index in [1.807, 2.05) is 5.32 Å². The largest absolute Gasteiger partial charge is 0.479 e. The van der Waals surface area contributed by atoms with Gasteiger partial charge in [-0.1, -0.05) is 0 Å². The minimum atomic E-state index is -2.40. The third-order valence-corrected chi connectivity index (χ3v) is 2.90. The van der Waals surface area contributed by atoms with E-state index in [1.165, 1.54) is 7.11 Å². The first-order chi connectivity index (χ1) is 9.30.